The summed E-state index contributed by atoms with van der Waals surface area (Å²) >= 11 is 4.45. The highest BCUT2D eigenvalue weighted by Crippen LogP contribution is 2.35. The van der Waals surface area contributed by atoms with Crippen molar-refractivity contribution in [1.82, 2.24) is 9.47 Å². The highest BCUT2D eigenvalue weighted by atomic mass is 79.9. The fourth-order valence-corrected chi connectivity index (χ4v) is 5.41. The van der Waals surface area contributed by atoms with Gasteiger partial charge in [0.1, 0.15) is 30.5 Å². The van der Waals surface area contributed by atoms with Crippen LogP contribution in [0.15, 0.2) is 82.3 Å². The van der Waals surface area contributed by atoms with Crippen molar-refractivity contribution in [3.8, 4) is 11.5 Å². The molecule has 0 atom stereocenters. The second-order valence-electron chi connectivity index (χ2n) is 8.69. The van der Waals surface area contributed by atoms with Gasteiger partial charge >= 0.3 is 0 Å². The molecule has 1 aromatic heterocycles. The van der Waals surface area contributed by atoms with Crippen LogP contribution in [0.1, 0.15) is 11.1 Å². The van der Waals surface area contributed by atoms with Gasteiger partial charge in [-0.15, -0.1) is 0 Å². The molecule has 2 amide bonds. The number of carbonyl (C=O) groups excluding carboxylic acids is 2. The lowest BCUT2D eigenvalue weighted by Gasteiger charge is -2.13. The van der Waals surface area contributed by atoms with Gasteiger partial charge < -0.3 is 14.0 Å². The van der Waals surface area contributed by atoms with E-state index < -0.39 is 0 Å². The molecule has 0 spiro atoms. The Morgan fingerprint density at radius 2 is 1.74 bits per heavy atom. The summed E-state index contributed by atoms with van der Waals surface area (Å²) < 4.78 is 27.6. The Kier molecular flexibility index (Phi) is 7.85. The summed E-state index contributed by atoms with van der Waals surface area (Å²) in [7, 11) is 0. The van der Waals surface area contributed by atoms with Gasteiger partial charge in [-0.25, -0.2) is 4.39 Å². The second-order valence-corrected chi connectivity index (χ2v) is 10.6. The molecule has 9 heteroatoms. The number of thioether (sulfide) groups is 1. The van der Waals surface area contributed by atoms with Crippen LogP contribution >= 0.6 is 27.7 Å². The lowest BCUT2D eigenvalue weighted by atomic mass is 10.1. The third kappa shape index (κ3) is 5.79. The average molecular weight is 595 g/mol. The van der Waals surface area contributed by atoms with E-state index in [0.29, 0.717) is 23.8 Å². The number of amides is 2. The number of nitrogens with zero attached hydrogens (tertiary/aromatic N) is 2. The first-order valence-electron chi connectivity index (χ1n) is 12.0. The molecule has 38 heavy (non-hydrogen) atoms. The lowest BCUT2D eigenvalue weighted by molar-refractivity contribution is -0.123. The minimum Gasteiger partial charge on any atom is -0.492 e. The number of imide groups is 1. The van der Waals surface area contributed by atoms with E-state index in [0.717, 1.165) is 44.0 Å². The maximum atomic E-state index is 13.1. The van der Waals surface area contributed by atoms with Gasteiger partial charge in [-0.05, 0) is 78.9 Å². The lowest BCUT2D eigenvalue weighted by Crippen LogP contribution is -2.32. The zero-order chi connectivity index (χ0) is 26.6. The minimum atomic E-state index is -0.361. The molecule has 0 unspecified atom stereocenters. The molecule has 0 bridgehead atoms. The Morgan fingerprint density at radius 3 is 2.53 bits per heavy atom. The first-order valence-corrected chi connectivity index (χ1v) is 13.6. The molecule has 194 valence electrons. The summed E-state index contributed by atoms with van der Waals surface area (Å²) in [6, 6.07) is 19.5. The monoisotopic (exact) mass is 594 g/mol. The van der Waals surface area contributed by atoms with Gasteiger partial charge in [0.15, 0.2) is 0 Å². The maximum Gasteiger partial charge on any atom is 0.293 e. The molecule has 1 aliphatic heterocycles. The molecule has 0 aliphatic carbocycles. The van der Waals surface area contributed by atoms with Crippen LogP contribution in [0.2, 0.25) is 0 Å². The van der Waals surface area contributed by atoms with E-state index in [1.807, 2.05) is 55.6 Å². The number of fused-ring (bicyclic) bond motifs is 1. The molecule has 1 fully saturated rings. The first kappa shape index (κ1) is 26.1. The minimum absolute atomic E-state index is 0.100. The zero-order valence-electron chi connectivity index (χ0n) is 20.5. The molecule has 0 radical (unpaired) electrons. The van der Waals surface area contributed by atoms with E-state index >= 15 is 0 Å². The smallest absolute Gasteiger partial charge is 0.293 e. The van der Waals surface area contributed by atoms with Crippen molar-refractivity contribution >= 4 is 55.8 Å². The van der Waals surface area contributed by atoms with Gasteiger partial charge in [-0.1, -0.05) is 34.1 Å². The molecule has 0 N–H and O–H groups in total. The normalized spacial score (nSPS) is 14.6. The fraction of sp³-hybridized carbons (Fsp3) is 0.172. The van der Waals surface area contributed by atoms with Crippen LogP contribution in [0, 0.1) is 12.7 Å². The number of hydrogen-bond acceptors (Lipinski definition) is 5. The Balaban J connectivity index is 1.30. The number of aryl methyl sites for hydroxylation is 1. The number of aromatic nitrogens is 1. The summed E-state index contributed by atoms with van der Waals surface area (Å²) in [6.07, 6.45) is 3.74. The second kappa shape index (κ2) is 11.4. The van der Waals surface area contributed by atoms with Crippen LogP contribution in [0.3, 0.4) is 0 Å². The number of benzene rings is 3. The highest BCUT2D eigenvalue weighted by molar-refractivity contribution is 9.10. The first-order chi connectivity index (χ1) is 18.4. The molecule has 1 saturated heterocycles. The summed E-state index contributed by atoms with van der Waals surface area (Å²) in [5, 5.41) is 0.613. The Labute approximate surface area is 232 Å². The molecule has 3 aromatic carbocycles. The van der Waals surface area contributed by atoms with Crippen molar-refractivity contribution in [3.05, 3.63) is 99.2 Å². The van der Waals surface area contributed by atoms with Crippen LogP contribution < -0.4 is 9.47 Å². The molecule has 1 aliphatic rings. The van der Waals surface area contributed by atoms with Crippen molar-refractivity contribution in [2.45, 2.75) is 13.5 Å². The Hall–Kier alpha value is -3.56. The number of para-hydroxylation sites is 1. The quantitative estimate of drug-likeness (QED) is 0.194. The average Bonchev–Trinajstić information content (AvgIpc) is 3.37. The largest absolute Gasteiger partial charge is 0.492 e. The van der Waals surface area contributed by atoms with Gasteiger partial charge in [0, 0.05) is 27.1 Å². The van der Waals surface area contributed by atoms with E-state index in [9.17, 15) is 14.0 Å². The van der Waals surface area contributed by atoms with Gasteiger partial charge in [-0.3, -0.25) is 14.5 Å². The number of carbonyl (C=O) groups is 2. The molecule has 6 nitrogen and oxygen atoms in total. The molecular weight excluding hydrogens is 571 g/mol. The number of hydrogen-bond donors (Lipinski definition) is 0. The van der Waals surface area contributed by atoms with Crippen LogP contribution in [0.25, 0.3) is 17.0 Å². The maximum absolute atomic E-state index is 13.1. The topological polar surface area (TPSA) is 60.8 Å². The van der Waals surface area contributed by atoms with E-state index in [2.05, 4.69) is 20.5 Å². The number of rotatable bonds is 9. The van der Waals surface area contributed by atoms with Crippen molar-refractivity contribution in [2.24, 2.45) is 0 Å². The summed E-state index contributed by atoms with van der Waals surface area (Å²) in [6.45, 7) is 3.32. The standard InChI is InChI=1S/C29H24BrFN2O4S/c1-19-4-2-3-5-26(19)37-14-12-32-18-20(24-17-21(30)6-11-25(24)32)16-27-28(34)33(29(35)38-27)13-15-36-23-9-7-22(31)8-10-23/h2-11,16-18H,12-15H2,1H3/b27-16-. The third-order valence-electron chi connectivity index (χ3n) is 6.11. The Morgan fingerprint density at radius 1 is 0.974 bits per heavy atom. The summed E-state index contributed by atoms with van der Waals surface area (Å²) in [5.74, 6) is 0.602. The van der Waals surface area contributed by atoms with Crippen molar-refractivity contribution in [1.29, 1.82) is 0 Å². The van der Waals surface area contributed by atoms with E-state index in [1.165, 1.54) is 29.2 Å². The predicted octanol–water partition coefficient (Wildman–Crippen LogP) is 7.05. The van der Waals surface area contributed by atoms with Crippen LogP contribution in [0.4, 0.5) is 9.18 Å². The molecule has 2 heterocycles. The molecule has 4 aromatic rings. The van der Waals surface area contributed by atoms with E-state index in [4.69, 9.17) is 9.47 Å². The predicted molar refractivity (Wildman–Crippen MR) is 151 cm³/mol. The molecule has 5 rings (SSSR count). The van der Waals surface area contributed by atoms with Gasteiger partial charge in [0.2, 0.25) is 0 Å². The SMILES string of the molecule is Cc1ccccc1OCCn1cc(/C=C2\SC(=O)N(CCOc3ccc(F)cc3)C2=O)c2cc(Br)ccc21. The van der Waals surface area contributed by atoms with Crippen LogP contribution in [-0.4, -0.2) is 40.4 Å². The summed E-state index contributed by atoms with van der Waals surface area (Å²) in [5.41, 5.74) is 2.92. The van der Waals surface area contributed by atoms with Crippen LogP contribution in [0.5, 0.6) is 11.5 Å². The van der Waals surface area contributed by atoms with Gasteiger partial charge in [-0.2, -0.15) is 0 Å². The summed E-state index contributed by atoms with van der Waals surface area (Å²) in [4.78, 5) is 27.2. The zero-order valence-corrected chi connectivity index (χ0v) is 22.9. The molecular formula is C29H24BrFN2O4S. The Bertz CT molecular complexity index is 1530. The fourth-order valence-electron chi connectivity index (χ4n) is 4.19. The van der Waals surface area contributed by atoms with Gasteiger partial charge in [0.25, 0.3) is 11.1 Å². The van der Waals surface area contributed by atoms with Gasteiger partial charge in [0.05, 0.1) is 18.0 Å². The van der Waals surface area contributed by atoms with Crippen molar-refractivity contribution in [3.63, 3.8) is 0 Å². The number of halogens is 2. The van der Waals surface area contributed by atoms with Crippen molar-refractivity contribution in [2.75, 3.05) is 19.8 Å². The van der Waals surface area contributed by atoms with Crippen LogP contribution in [-0.2, 0) is 11.3 Å². The van der Waals surface area contributed by atoms with Crippen molar-refractivity contribution < 1.29 is 23.5 Å². The van der Waals surface area contributed by atoms with E-state index in [1.54, 1.807) is 6.08 Å². The highest BCUT2D eigenvalue weighted by Gasteiger charge is 2.35. The number of ether oxygens (including phenoxy) is 2. The third-order valence-corrected chi connectivity index (χ3v) is 7.52. The molecule has 0 saturated carbocycles. The van der Waals surface area contributed by atoms with E-state index in [-0.39, 0.29) is 30.1 Å².